The van der Waals surface area contributed by atoms with Crippen molar-refractivity contribution >= 4 is 0 Å². The minimum Gasteiger partial charge on any atom is -0.0874 e. The third-order valence-corrected chi connectivity index (χ3v) is 2.91. The Hall–Kier alpha value is -0.520. The van der Waals surface area contributed by atoms with E-state index in [4.69, 9.17) is 0 Å². The van der Waals surface area contributed by atoms with E-state index in [1.807, 2.05) is 0 Å². The van der Waals surface area contributed by atoms with Gasteiger partial charge in [0.15, 0.2) is 0 Å². The van der Waals surface area contributed by atoms with Crippen LogP contribution >= 0.6 is 0 Å². The van der Waals surface area contributed by atoms with Crippen molar-refractivity contribution in [2.24, 2.45) is 17.8 Å². The van der Waals surface area contributed by atoms with Crippen molar-refractivity contribution in [1.29, 1.82) is 0 Å². The van der Waals surface area contributed by atoms with Gasteiger partial charge in [0.25, 0.3) is 0 Å². The van der Waals surface area contributed by atoms with Gasteiger partial charge in [-0.3, -0.25) is 0 Å². The molecule has 0 aromatic rings. The monoisotopic (exact) mass is 194 g/mol. The van der Waals surface area contributed by atoms with E-state index in [-0.39, 0.29) is 0 Å². The Kier molecular flexibility index (Phi) is 6.61. The Bertz CT molecular complexity index is 196. The highest BCUT2D eigenvalue weighted by Crippen LogP contribution is 2.26. The van der Waals surface area contributed by atoms with Crippen LogP contribution in [0.15, 0.2) is 23.8 Å². The Balaban J connectivity index is 4.35. The lowest BCUT2D eigenvalue weighted by Crippen LogP contribution is -2.12. The molecule has 0 amide bonds. The van der Waals surface area contributed by atoms with Crippen molar-refractivity contribution in [3.8, 4) is 0 Å². The summed E-state index contributed by atoms with van der Waals surface area (Å²) >= 11 is 0. The summed E-state index contributed by atoms with van der Waals surface area (Å²) < 4.78 is 0. The Morgan fingerprint density at radius 1 is 1.07 bits per heavy atom. The van der Waals surface area contributed by atoms with Gasteiger partial charge in [-0.05, 0) is 43.6 Å². The van der Waals surface area contributed by atoms with Crippen LogP contribution in [-0.4, -0.2) is 0 Å². The molecule has 0 bridgehead atoms. The van der Waals surface area contributed by atoms with Crippen molar-refractivity contribution < 1.29 is 0 Å². The first-order valence-corrected chi connectivity index (χ1v) is 5.81. The van der Waals surface area contributed by atoms with Gasteiger partial charge in [0.2, 0.25) is 0 Å². The van der Waals surface area contributed by atoms with E-state index in [0.29, 0.717) is 5.92 Å². The molecule has 0 aliphatic heterocycles. The molecular formula is C14H26. The molecule has 0 spiro atoms. The second-order valence-electron chi connectivity index (χ2n) is 4.68. The minimum atomic E-state index is 0.679. The fourth-order valence-corrected chi connectivity index (χ4v) is 1.98. The van der Waals surface area contributed by atoms with Gasteiger partial charge in [-0.2, -0.15) is 0 Å². The van der Waals surface area contributed by atoms with E-state index < -0.39 is 0 Å². The Morgan fingerprint density at radius 2 is 1.64 bits per heavy atom. The predicted molar refractivity (Wildman–Crippen MR) is 66.4 cm³/mol. The molecule has 2 atom stereocenters. The van der Waals surface area contributed by atoms with Gasteiger partial charge < -0.3 is 0 Å². The molecule has 0 aliphatic carbocycles. The second kappa shape index (κ2) is 6.86. The predicted octanol–water partition coefficient (Wildman–Crippen LogP) is 4.83. The summed E-state index contributed by atoms with van der Waals surface area (Å²) in [5.74, 6) is 2.26. The second-order valence-corrected chi connectivity index (χ2v) is 4.68. The molecule has 0 saturated heterocycles. The van der Waals surface area contributed by atoms with Gasteiger partial charge in [0, 0.05) is 0 Å². The summed E-state index contributed by atoms with van der Waals surface area (Å²) in [6, 6.07) is 0. The van der Waals surface area contributed by atoms with E-state index >= 15 is 0 Å². The van der Waals surface area contributed by atoms with Crippen LogP contribution in [0.5, 0.6) is 0 Å². The molecule has 0 aliphatic rings. The van der Waals surface area contributed by atoms with E-state index in [9.17, 15) is 0 Å². The third-order valence-electron chi connectivity index (χ3n) is 2.91. The molecule has 0 N–H and O–H groups in total. The zero-order valence-corrected chi connectivity index (χ0v) is 10.7. The first kappa shape index (κ1) is 13.5. The van der Waals surface area contributed by atoms with Gasteiger partial charge in [0.05, 0.1) is 0 Å². The molecule has 82 valence electrons. The molecule has 14 heavy (non-hydrogen) atoms. The third kappa shape index (κ3) is 4.64. The van der Waals surface area contributed by atoms with Crippen molar-refractivity contribution in [2.45, 2.75) is 48.0 Å². The zero-order valence-electron chi connectivity index (χ0n) is 10.7. The lowest BCUT2D eigenvalue weighted by atomic mass is 9.83. The first-order chi connectivity index (χ1) is 6.52. The highest BCUT2D eigenvalue weighted by Gasteiger charge is 2.15. The van der Waals surface area contributed by atoms with Gasteiger partial charge in [-0.25, -0.2) is 0 Å². The smallest absolute Gasteiger partial charge is 0.0168 e. The maximum Gasteiger partial charge on any atom is -0.0168 e. The number of hydrogen-bond acceptors (Lipinski definition) is 0. The van der Waals surface area contributed by atoms with Gasteiger partial charge in [-0.15, -0.1) is 0 Å². The Morgan fingerprint density at radius 3 is 2.00 bits per heavy atom. The van der Waals surface area contributed by atoms with E-state index in [0.717, 1.165) is 11.8 Å². The van der Waals surface area contributed by atoms with Crippen LogP contribution in [0.2, 0.25) is 0 Å². The molecule has 0 heteroatoms. The fraction of sp³-hybridized carbons (Fsp3) is 0.714. The standard InChI is InChI=1S/C14H26/c1-7-9-14(8-2)13(6)12(5)10-11(3)4/h7-9,11-13H,10H2,1-6H3. The van der Waals surface area contributed by atoms with Crippen molar-refractivity contribution in [2.75, 3.05) is 0 Å². The largest absolute Gasteiger partial charge is 0.0874 e. The summed E-state index contributed by atoms with van der Waals surface area (Å²) in [5.41, 5.74) is 1.47. The van der Waals surface area contributed by atoms with E-state index in [1.54, 1.807) is 0 Å². The lowest BCUT2D eigenvalue weighted by molar-refractivity contribution is 0.361. The molecular weight excluding hydrogens is 168 g/mol. The summed E-state index contributed by atoms with van der Waals surface area (Å²) in [7, 11) is 0. The summed E-state index contributed by atoms with van der Waals surface area (Å²) in [4.78, 5) is 0. The minimum absolute atomic E-state index is 0.679. The summed E-state index contributed by atoms with van der Waals surface area (Å²) in [5, 5.41) is 0. The SMILES string of the molecule is CC=CC(=CC)C(C)C(C)CC(C)C. The maximum atomic E-state index is 2.36. The zero-order chi connectivity index (χ0) is 11.1. The van der Waals surface area contributed by atoms with Crippen molar-refractivity contribution in [3.63, 3.8) is 0 Å². The van der Waals surface area contributed by atoms with Crippen LogP contribution in [-0.2, 0) is 0 Å². The average Bonchev–Trinajstić information content (AvgIpc) is 2.12. The van der Waals surface area contributed by atoms with Gasteiger partial charge in [0.1, 0.15) is 0 Å². The first-order valence-electron chi connectivity index (χ1n) is 5.81. The molecule has 0 nitrogen and oxygen atoms in total. The molecule has 0 aromatic heterocycles. The number of hydrogen-bond donors (Lipinski definition) is 0. The van der Waals surface area contributed by atoms with Crippen LogP contribution in [0, 0.1) is 17.8 Å². The van der Waals surface area contributed by atoms with Crippen LogP contribution in [0.3, 0.4) is 0 Å². The molecule has 0 heterocycles. The van der Waals surface area contributed by atoms with Crippen LogP contribution in [0.4, 0.5) is 0 Å². The summed E-state index contributed by atoms with van der Waals surface area (Å²) in [6.45, 7) is 13.5. The lowest BCUT2D eigenvalue weighted by Gasteiger charge is -2.22. The highest BCUT2D eigenvalue weighted by molar-refractivity contribution is 5.20. The molecule has 0 aromatic carbocycles. The topological polar surface area (TPSA) is 0 Å². The summed E-state index contributed by atoms with van der Waals surface area (Å²) in [6.07, 6.45) is 7.92. The Labute approximate surface area is 90.1 Å². The van der Waals surface area contributed by atoms with E-state index in [1.165, 1.54) is 12.0 Å². The van der Waals surface area contributed by atoms with E-state index in [2.05, 4.69) is 59.8 Å². The van der Waals surface area contributed by atoms with Crippen molar-refractivity contribution in [3.05, 3.63) is 23.8 Å². The van der Waals surface area contributed by atoms with Crippen LogP contribution < -0.4 is 0 Å². The number of rotatable bonds is 5. The molecule has 0 rings (SSSR count). The van der Waals surface area contributed by atoms with Crippen molar-refractivity contribution in [1.82, 2.24) is 0 Å². The maximum absolute atomic E-state index is 2.36. The average molecular weight is 194 g/mol. The number of allylic oxidation sites excluding steroid dienone is 4. The van der Waals surface area contributed by atoms with Crippen LogP contribution in [0.1, 0.15) is 48.0 Å². The van der Waals surface area contributed by atoms with Crippen LogP contribution in [0.25, 0.3) is 0 Å². The molecule has 0 saturated carbocycles. The molecule has 0 fully saturated rings. The molecule has 2 unspecified atom stereocenters. The highest BCUT2D eigenvalue weighted by atomic mass is 14.2. The molecule has 0 radical (unpaired) electrons. The van der Waals surface area contributed by atoms with Gasteiger partial charge in [-0.1, -0.05) is 45.9 Å². The fourth-order valence-electron chi connectivity index (χ4n) is 1.98. The normalized spacial score (nSPS) is 17.8. The van der Waals surface area contributed by atoms with Gasteiger partial charge >= 0.3 is 0 Å². The quantitative estimate of drug-likeness (QED) is 0.550.